The summed E-state index contributed by atoms with van der Waals surface area (Å²) < 4.78 is 0. The monoisotopic (exact) mass is 374 g/mol. The summed E-state index contributed by atoms with van der Waals surface area (Å²) >= 11 is 0. The normalized spacial score (nSPS) is 16.8. The first kappa shape index (κ1) is 18.1. The van der Waals surface area contributed by atoms with E-state index < -0.39 is 0 Å². The number of aromatic nitrogens is 2. The van der Waals surface area contributed by atoms with E-state index in [9.17, 15) is 9.59 Å². The van der Waals surface area contributed by atoms with Crippen molar-refractivity contribution >= 4 is 28.5 Å². The fraction of sp³-hybridized carbons (Fsp3) is 0.273. The number of nitrogens with one attached hydrogen (secondary N) is 1. The second-order valence-electron chi connectivity index (χ2n) is 7.13. The van der Waals surface area contributed by atoms with Gasteiger partial charge >= 0.3 is 0 Å². The molecule has 3 heterocycles. The predicted molar refractivity (Wildman–Crippen MR) is 108 cm³/mol. The van der Waals surface area contributed by atoms with Gasteiger partial charge in [0.05, 0.1) is 11.4 Å². The fourth-order valence-electron chi connectivity index (χ4n) is 3.56. The van der Waals surface area contributed by atoms with Crippen molar-refractivity contribution in [2.45, 2.75) is 19.8 Å². The van der Waals surface area contributed by atoms with Crippen LogP contribution in [0, 0.1) is 12.8 Å². The number of carbonyl (C=O) groups is 2. The SMILES string of the molecule is Cc1cccc(NC(=O)C2CCCN(C(=O)c3ccc4ccccc4n3)C2)n1. The molecule has 1 aliphatic rings. The minimum Gasteiger partial charge on any atom is -0.337 e. The van der Waals surface area contributed by atoms with Crippen LogP contribution in [0.5, 0.6) is 0 Å². The number of pyridine rings is 2. The summed E-state index contributed by atoms with van der Waals surface area (Å²) in [4.78, 5) is 36.1. The van der Waals surface area contributed by atoms with Crippen molar-refractivity contribution in [3.63, 3.8) is 0 Å². The molecule has 0 bridgehead atoms. The lowest BCUT2D eigenvalue weighted by molar-refractivity contribution is -0.121. The van der Waals surface area contributed by atoms with Gasteiger partial charge in [-0.25, -0.2) is 9.97 Å². The third kappa shape index (κ3) is 3.86. The molecule has 1 fully saturated rings. The quantitative estimate of drug-likeness (QED) is 0.762. The zero-order chi connectivity index (χ0) is 19.5. The number of carbonyl (C=O) groups excluding carboxylic acids is 2. The number of aryl methyl sites for hydroxylation is 1. The molecule has 0 saturated carbocycles. The smallest absolute Gasteiger partial charge is 0.272 e. The molecular formula is C22H22N4O2. The van der Waals surface area contributed by atoms with E-state index in [1.54, 1.807) is 17.0 Å². The van der Waals surface area contributed by atoms with Gasteiger partial charge in [-0.15, -0.1) is 0 Å². The first-order valence-corrected chi connectivity index (χ1v) is 9.50. The Balaban J connectivity index is 1.46. The highest BCUT2D eigenvalue weighted by molar-refractivity contribution is 5.96. The molecule has 1 atom stereocenters. The van der Waals surface area contributed by atoms with Crippen LogP contribution in [-0.2, 0) is 4.79 Å². The molecule has 3 aromatic rings. The summed E-state index contributed by atoms with van der Waals surface area (Å²) in [5.41, 5.74) is 2.06. The van der Waals surface area contributed by atoms with E-state index >= 15 is 0 Å². The van der Waals surface area contributed by atoms with E-state index in [0.717, 1.165) is 29.4 Å². The second-order valence-corrected chi connectivity index (χ2v) is 7.13. The van der Waals surface area contributed by atoms with E-state index in [0.29, 0.717) is 24.6 Å². The summed E-state index contributed by atoms with van der Waals surface area (Å²) in [6.07, 6.45) is 1.55. The van der Waals surface area contributed by atoms with Crippen LogP contribution in [0.3, 0.4) is 0 Å². The standard InChI is InChI=1S/C22H22N4O2/c1-15-6-4-10-20(23-15)25-21(27)17-8-5-13-26(14-17)22(28)19-12-11-16-7-2-3-9-18(16)24-19/h2-4,6-7,9-12,17H,5,8,13-14H2,1H3,(H,23,25,27). The maximum absolute atomic E-state index is 12.9. The first-order chi connectivity index (χ1) is 13.6. The van der Waals surface area contributed by atoms with Crippen molar-refractivity contribution in [2.75, 3.05) is 18.4 Å². The minimum atomic E-state index is -0.250. The Bertz CT molecular complexity index is 1030. The maximum Gasteiger partial charge on any atom is 0.272 e. The van der Waals surface area contributed by atoms with Crippen molar-refractivity contribution < 1.29 is 9.59 Å². The van der Waals surface area contributed by atoms with Crippen LogP contribution in [0.4, 0.5) is 5.82 Å². The van der Waals surface area contributed by atoms with Gasteiger partial charge in [0.1, 0.15) is 11.5 Å². The van der Waals surface area contributed by atoms with Crippen molar-refractivity contribution in [3.8, 4) is 0 Å². The Morgan fingerprint density at radius 1 is 1.04 bits per heavy atom. The highest BCUT2D eigenvalue weighted by Gasteiger charge is 2.29. The van der Waals surface area contributed by atoms with Gasteiger partial charge in [0.15, 0.2) is 0 Å². The number of amides is 2. The van der Waals surface area contributed by atoms with E-state index in [4.69, 9.17) is 0 Å². The second kappa shape index (κ2) is 7.76. The van der Waals surface area contributed by atoms with Gasteiger partial charge in [-0.05, 0) is 44.0 Å². The molecule has 1 aromatic carbocycles. The molecule has 28 heavy (non-hydrogen) atoms. The van der Waals surface area contributed by atoms with E-state index in [2.05, 4.69) is 15.3 Å². The molecule has 1 unspecified atom stereocenters. The number of likely N-dealkylation sites (tertiary alicyclic amines) is 1. The van der Waals surface area contributed by atoms with Gasteiger partial charge in [0.2, 0.25) is 5.91 Å². The van der Waals surface area contributed by atoms with E-state index in [-0.39, 0.29) is 17.7 Å². The van der Waals surface area contributed by atoms with E-state index in [1.807, 2.05) is 49.4 Å². The summed E-state index contributed by atoms with van der Waals surface area (Å²) in [6.45, 7) is 2.91. The molecule has 6 nitrogen and oxygen atoms in total. The third-order valence-electron chi connectivity index (χ3n) is 5.04. The van der Waals surface area contributed by atoms with Crippen LogP contribution in [0.2, 0.25) is 0 Å². The van der Waals surface area contributed by atoms with Gasteiger partial charge in [0, 0.05) is 24.2 Å². The molecule has 1 saturated heterocycles. The van der Waals surface area contributed by atoms with Crippen LogP contribution in [0.25, 0.3) is 10.9 Å². The molecule has 0 radical (unpaired) electrons. The van der Waals surface area contributed by atoms with Gasteiger partial charge in [-0.2, -0.15) is 0 Å². The zero-order valence-corrected chi connectivity index (χ0v) is 15.8. The topological polar surface area (TPSA) is 75.2 Å². The average Bonchev–Trinajstić information content (AvgIpc) is 2.73. The lowest BCUT2D eigenvalue weighted by Crippen LogP contribution is -2.44. The van der Waals surface area contributed by atoms with Gasteiger partial charge < -0.3 is 10.2 Å². The molecule has 0 spiro atoms. The number of rotatable bonds is 3. The fourth-order valence-corrected chi connectivity index (χ4v) is 3.56. The highest BCUT2D eigenvalue weighted by Crippen LogP contribution is 2.21. The first-order valence-electron chi connectivity index (χ1n) is 9.50. The molecule has 4 rings (SSSR count). The molecule has 1 aliphatic heterocycles. The Kier molecular flexibility index (Phi) is 5.02. The number of nitrogens with zero attached hydrogens (tertiary/aromatic N) is 3. The van der Waals surface area contributed by atoms with Crippen LogP contribution in [0.15, 0.2) is 54.6 Å². The number of hydrogen-bond acceptors (Lipinski definition) is 4. The summed E-state index contributed by atoms with van der Waals surface area (Å²) in [6, 6.07) is 16.9. The van der Waals surface area contributed by atoms with Crippen LogP contribution < -0.4 is 5.32 Å². The number of piperidine rings is 1. The van der Waals surface area contributed by atoms with Gasteiger partial charge in [0.25, 0.3) is 5.91 Å². The number of para-hydroxylation sites is 1. The number of hydrogen-bond donors (Lipinski definition) is 1. The van der Waals surface area contributed by atoms with Crippen molar-refractivity contribution in [1.82, 2.24) is 14.9 Å². The summed E-state index contributed by atoms with van der Waals surface area (Å²) in [5.74, 6) is 0.0733. The molecule has 2 aromatic heterocycles. The Hall–Kier alpha value is -3.28. The highest BCUT2D eigenvalue weighted by atomic mass is 16.2. The Morgan fingerprint density at radius 2 is 1.89 bits per heavy atom. The Labute approximate surface area is 163 Å². The zero-order valence-electron chi connectivity index (χ0n) is 15.8. The van der Waals surface area contributed by atoms with Crippen molar-refractivity contribution in [2.24, 2.45) is 5.92 Å². The van der Waals surface area contributed by atoms with Crippen LogP contribution >= 0.6 is 0 Å². The maximum atomic E-state index is 12.9. The molecular weight excluding hydrogens is 352 g/mol. The molecule has 0 aliphatic carbocycles. The largest absolute Gasteiger partial charge is 0.337 e. The minimum absolute atomic E-state index is 0.0953. The number of benzene rings is 1. The number of anilines is 1. The number of fused-ring (bicyclic) bond motifs is 1. The molecule has 1 N–H and O–H groups in total. The van der Waals surface area contributed by atoms with Crippen molar-refractivity contribution in [3.05, 3.63) is 66.0 Å². The summed E-state index contributed by atoms with van der Waals surface area (Å²) in [7, 11) is 0. The van der Waals surface area contributed by atoms with Crippen LogP contribution in [0.1, 0.15) is 29.0 Å². The van der Waals surface area contributed by atoms with Crippen LogP contribution in [-0.4, -0.2) is 39.8 Å². The van der Waals surface area contributed by atoms with Gasteiger partial charge in [-0.1, -0.05) is 30.3 Å². The predicted octanol–water partition coefficient (Wildman–Crippen LogP) is 3.43. The Morgan fingerprint density at radius 3 is 2.75 bits per heavy atom. The lowest BCUT2D eigenvalue weighted by atomic mass is 9.96. The average molecular weight is 374 g/mol. The van der Waals surface area contributed by atoms with Gasteiger partial charge in [-0.3, -0.25) is 9.59 Å². The van der Waals surface area contributed by atoms with E-state index in [1.165, 1.54) is 0 Å². The molecule has 142 valence electrons. The summed E-state index contributed by atoms with van der Waals surface area (Å²) in [5, 5.41) is 3.87. The third-order valence-corrected chi connectivity index (χ3v) is 5.04. The van der Waals surface area contributed by atoms with Crippen molar-refractivity contribution in [1.29, 1.82) is 0 Å². The molecule has 2 amide bonds. The molecule has 6 heteroatoms. The lowest BCUT2D eigenvalue weighted by Gasteiger charge is -2.31.